The second kappa shape index (κ2) is 7.78. The zero-order valence-corrected chi connectivity index (χ0v) is 14.4. The summed E-state index contributed by atoms with van der Waals surface area (Å²) < 4.78 is 15.0. The van der Waals surface area contributed by atoms with Crippen molar-refractivity contribution in [2.45, 2.75) is 31.8 Å². The Labute approximate surface area is 147 Å². The molecule has 1 aromatic carbocycles. The summed E-state index contributed by atoms with van der Waals surface area (Å²) in [5, 5.41) is 10.6. The molecule has 3 rings (SSSR count). The highest BCUT2D eigenvalue weighted by Crippen LogP contribution is 2.29. The number of hydrogen-bond donors (Lipinski definition) is 1. The zero-order chi connectivity index (χ0) is 17.8. The van der Waals surface area contributed by atoms with Crippen molar-refractivity contribution in [3.05, 3.63) is 53.9 Å². The molecule has 1 aromatic heterocycles. The van der Waals surface area contributed by atoms with Crippen LogP contribution in [0.15, 0.2) is 36.7 Å². The summed E-state index contributed by atoms with van der Waals surface area (Å²) >= 11 is 0. The number of halogens is 1. The summed E-state index contributed by atoms with van der Waals surface area (Å²) in [7, 11) is 1.86. The molecule has 0 spiro atoms. The number of imidazole rings is 1. The molecule has 1 fully saturated rings. The third kappa shape index (κ3) is 4.25. The number of nitrogens with zero attached hydrogens (tertiary/aromatic N) is 3. The van der Waals surface area contributed by atoms with Gasteiger partial charge in [-0.15, -0.1) is 0 Å². The summed E-state index contributed by atoms with van der Waals surface area (Å²) in [6.07, 6.45) is 5.44. The second-order valence-electron chi connectivity index (χ2n) is 6.71. The number of rotatable bonds is 5. The van der Waals surface area contributed by atoms with Gasteiger partial charge in [0, 0.05) is 44.9 Å². The van der Waals surface area contributed by atoms with E-state index in [-0.39, 0.29) is 17.6 Å². The van der Waals surface area contributed by atoms with Crippen LogP contribution in [0.2, 0.25) is 0 Å². The van der Waals surface area contributed by atoms with Crippen molar-refractivity contribution in [2.24, 2.45) is 13.0 Å². The average Bonchev–Trinajstić information content (AvgIpc) is 3.05. The van der Waals surface area contributed by atoms with E-state index in [1.54, 1.807) is 12.3 Å². The fraction of sp³-hybridized carbons (Fsp3) is 0.474. The summed E-state index contributed by atoms with van der Waals surface area (Å²) in [6, 6.07) is 6.37. The molecule has 1 amide bonds. The molecule has 25 heavy (non-hydrogen) atoms. The van der Waals surface area contributed by atoms with Crippen LogP contribution in [0.25, 0.3) is 0 Å². The minimum atomic E-state index is -0.668. The Morgan fingerprint density at radius 3 is 3.04 bits per heavy atom. The van der Waals surface area contributed by atoms with E-state index in [0.29, 0.717) is 31.8 Å². The van der Waals surface area contributed by atoms with Crippen LogP contribution in [0, 0.1) is 11.7 Å². The molecule has 5 nitrogen and oxygen atoms in total. The number of aromatic nitrogens is 2. The van der Waals surface area contributed by atoms with Crippen molar-refractivity contribution in [1.82, 2.24) is 14.5 Å². The van der Waals surface area contributed by atoms with Gasteiger partial charge in [-0.05, 0) is 37.0 Å². The Morgan fingerprint density at radius 2 is 2.32 bits per heavy atom. The van der Waals surface area contributed by atoms with Crippen LogP contribution in [-0.2, 0) is 18.3 Å². The van der Waals surface area contributed by atoms with Crippen molar-refractivity contribution >= 4 is 5.91 Å². The van der Waals surface area contributed by atoms with Gasteiger partial charge in [-0.25, -0.2) is 9.37 Å². The Kier molecular flexibility index (Phi) is 5.48. The number of carbonyl (C=O) groups is 1. The molecular formula is C19H24FN3O2. The highest BCUT2D eigenvalue weighted by Gasteiger charge is 2.30. The summed E-state index contributed by atoms with van der Waals surface area (Å²) in [6.45, 7) is 1.25. The quantitative estimate of drug-likeness (QED) is 0.906. The predicted molar refractivity (Wildman–Crippen MR) is 92.2 cm³/mol. The Hall–Kier alpha value is -2.21. The minimum Gasteiger partial charge on any atom is -0.385 e. The minimum absolute atomic E-state index is 0.00651. The van der Waals surface area contributed by atoms with Gasteiger partial charge in [-0.3, -0.25) is 4.79 Å². The summed E-state index contributed by atoms with van der Waals surface area (Å²) in [5.41, 5.74) is 0.829. The first-order valence-electron chi connectivity index (χ1n) is 8.72. The maximum atomic E-state index is 13.2. The lowest BCUT2D eigenvalue weighted by Gasteiger charge is -2.35. The van der Waals surface area contributed by atoms with Gasteiger partial charge in [-0.2, -0.15) is 0 Å². The van der Waals surface area contributed by atoms with Gasteiger partial charge in [0.25, 0.3) is 0 Å². The van der Waals surface area contributed by atoms with E-state index in [1.165, 1.54) is 12.1 Å². The topological polar surface area (TPSA) is 58.4 Å². The number of likely N-dealkylation sites (tertiary alicyclic amines) is 1. The molecule has 1 aliphatic heterocycles. The van der Waals surface area contributed by atoms with Crippen LogP contribution in [-0.4, -0.2) is 38.6 Å². The summed E-state index contributed by atoms with van der Waals surface area (Å²) in [5.74, 6) is 0.411. The molecule has 2 unspecified atom stereocenters. The van der Waals surface area contributed by atoms with Gasteiger partial charge < -0.3 is 14.6 Å². The molecule has 1 aliphatic rings. The third-order valence-corrected chi connectivity index (χ3v) is 4.90. The lowest BCUT2D eigenvalue weighted by molar-refractivity contribution is -0.134. The smallest absolute Gasteiger partial charge is 0.222 e. The maximum Gasteiger partial charge on any atom is 0.222 e. The third-order valence-electron chi connectivity index (χ3n) is 4.90. The molecule has 2 heterocycles. The first kappa shape index (κ1) is 17.6. The molecule has 0 radical (unpaired) electrons. The molecule has 6 heteroatoms. The molecule has 0 saturated carbocycles. The molecular weight excluding hydrogens is 321 g/mol. The molecule has 1 saturated heterocycles. The number of piperidine rings is 1. The number of aryl methyl sites for hydroxylation is 2. The lowest BCUT2D eigenvalue weighted by Crippen LogP contribution is -2.42. The van der Waals surface area contributed by atoms with Crippen molar-refractivity contribution in [3.63, 3.8) is 0 Å². The van der Waals surface area contributed by atoms with E-state index in [2.05, 4.69) is 4.98 Å². The van der Waals surface area contributed by atoms with Crippen LogP contribution in [0.1, 0.15) is 36.8 Å². The van der Waals surface area contributed by atoms with Crippen LogP contribution >= 0.6 is 0 Å². The number of carbonyl (C=O) groups excluding carboxylic acids is 1. The largest absolute Gasteiger partial charge is 0.385 e. The van der Waals surface area contributed by atoms with Crippen LogP contribution in [0.3, 0.4) is 0 Å². The number of hydrogen-bond acceptors (Lipinski definition) is 3. The van der Waals surface area contributed by atoms with Crippen molar-refractivity contribution in [1.29, 1.82) is 0 Å². The normalized spacial score (nSPS) is 19.0. The number of benzene rings is 1. The van der Waals surface area contributed by atoms with Gasteiger partial charge in [0.05, 0.1) is 0 Å². The fourth-order valence-electron chi connectivity index (χ4n) is 3.47. The van der Waals surface area contributed by atoms with E-state index in [1.807, 2.05) is 28.8 Å². The molecule has 0 bridgehead atoms. The van der Waals surface area contributed by atoms with Crippen molar-refractivity contribution in [2.75, 3.05) is 13.1 Å². The first-order valence-corrected chi connectivity index (χ1v) is 8.72. The SMILES string of the molecule is Cn1ccnc1C(O)C1CCCN(C(=O)CCc2cccc(F)c2)C1. The van der Waals surface area contributed by atoms with Crippen molar-refractivity contribution in [3.8, 4) is 0 Å². The molecule has 134 valence electrons. The second-order valence-corrected chi connectivity index (χ2v) is 6.71. The first-order chi connectivity index (χ1) is 12.0. The number of aliphatic hydroxyl groups is 1. The molecule has 0 aliphatic carbocycles. The van der Waals surface area contributed by atoms with Gasteiger partial charge in [0.2, 0.25) is 5.91 Å². The van der Waals surface area contributed by atoms with Gasteiger partial charge in [-0.1, -0.05) is 12.1 Å². The Bertz CT molecular complexity index is 731. The molecule has 2 atom stereocenters. The fourth-order valence-corrected chi connectivity index (χ4v) is 3.47. The summed E-state index contributed by atoms with van der Waals surface area (Å²) in [4.78, 5) is 18.5. The van der Waals surface area contributed by atoms with Crippen molar-refractivity contribution < 1.29 is 14.3 Å². The number of aliphatic hydroxyl groups excluding tert-OH is 1. The number of amides is 1. The predicted octanol–water partition coefficient (Wildman–Crippen LogP) is 2.46. The standard InChI is InChI=1S/C19H24FN3O2/c1-22-11-9-21-19(22)18(25)15-5-3-10-23(13-15)17(24)8-7-14-4-2-6-16(20)12-14/h2,4,6,9,11-12,15,18,25H,3,5,7-8,10,13H2,1H3. The van der Waals surface area contributed by atoms with Crippen LogP contribution < -0.4 is 0 Å². The average molecular weight is 345 g/mol. The van der Waals surface area contributed by atoms with E-state index in [0.717, 1.165) is 18.4 Å². The monoisotopic (exact) mass is 345 g/mol. The van der Waals surface area contributed by atoms with Crippen LogP contribution in [0.4, 0.5) is 4.39 Å². The van der Waals surface area contributed by atoms with Crippen LogP contribution in [0.5, 0.6) is 0 Å². The van der Waals surface area contributed by atoms with Gasteiger partial charge >= 0.3 is 0 Å². The van der Waals surface area contributed by atoms with E-state index in [9.17, 15) is 14.3 Å². The highest BCUT2D eigenvalue weighted by molar-refractivity contribution is 5.76. The lowest BCUT2D eigenvalue weighted by atomic mass is 9.91. The Balaban J connectivity index is 1.57. The molecule has 1 N–H and O–H groups in total. The zero-order valence-electron chi connectivity index (χ0n) is 14.4. The Morgan fingerprint density at radius 1 is 1.48 bits per heavy atom. The van der Waals surface area contributed by atoms with E-state index < -0.39 is 6.10 Å². The van der Waals surface area contributed by atoms with E-state index in [4.69, 9.17) is 0 Å². The maximum absolute atomic E-state index is 13.2. The van der Waals surface area contributed by atoms with Gasteiger partial charge in [0.1, 0.15) is 17.7 Å². The highest BCUT2D eigenvalue weighted by atomic mass is 19.1. The van der Waals surface area contributed by atoms with E-state index >= 15 is 0 Å². The van der Waals surface area contributed by atoms with Gasteiger partial charge in [0.15, 0.2) is 0 Å². The molecule has 2 aromatic rings.